The lowest BCUT2D eigenvalue weighted by atomic mass is 10.1. The summed E-state index contributed by atoms with van der Waals surface area (Å²) < 4.78 is 1.84. The minimum atomic E-state index is 0. The fraction of sp³-hybridized carbons (Fsp3) is 0.444. The number of aryl methyl sites for hydroxylation is 1. The van der Waals surface area contributed by atoms with E-state index in [1.165, 1.54) is 24.8 Å². The molecule has 0 saturated carbocycles. The zero-order chi connectivity index (χ0) is 15.9. The van der Waals surface area contributed by atoms with Gasteiger partial charge in [-0.25, -0.2) is 0 Å². The smallest absolute Gasteiger partial charge is 0.198 e. The Morgan fingerprint density at radius 3 is 2.58 bits per heavy atom. The first-order valence-electron chi connectivity index (χ1n) is 8.40. The van der Waals surface area contributed by atoms with E-state index >= 15 is 0 Å². The molecule has 0 unspecified atom stereocenters. The first kappa shape index (κ1) is 18.8. The van der Waals surface area contributed by atoms with Crippen LogP contribution in [0.25, 0.3) is 0 Å². The molecule has 2 heterocycles. The summed E-state index contributed by atoms with van der Waals surface area (Å²) in [5, 5.41) is 7.71. The predicted molar refractivity (Wildman–Crippen MR) is 110 cm³/mol. The number of nitrogens with one attached hydrogen (secondary N) is 1. The van der Waals surface area contributed by atoms with Gasteiger partial charge in [0, 0.05) is 38.6 Å². The molecule has 0 spiro atoms. The average molecular weight is 439 g/mol. The van der Waals surface area contributed by atoms with Gasteiger partial charge in [0.25, 0.3) is 0 Å². The van der Waals surface area contributed by atoms with Gasteiger partial charge in [-0.15, -0.1) is 24.0 Å². The van der Waals surface area contributed by atoms with Crippen molar-refractivity contribution < 1.29 is 0 Å². The van der Waals surface area contributed by atoms with Gasteiger partial charge < -0.3 is 10.2 Å². The molecule has 6 heteroatoms. The molecule has 130 valence electrons. The highest BCUT2D eigenvalue weighted by molar-refractivity contribution is 14.0. The van der Waals surface area contributed by atoms with Crippen molar-refractivity contribution in [2.75, 3.05) is 25.0 Å². The molecule has 5 nitrogen and oxygen atoms in total. The van der Waals surface area contributed by atoms with Crippen LogP contribution in [0.4, 0.5) is 5.69 Å². The highest BCUT2D eigenvalue weighted by Gasteiger charge is 2.14. The minimum Gasteiger partial charge on any atom is -0.343 e. The largest absolute Gasteiger partial charge is 0.343 e. The summed E-state index contributed by atoms with van der Waals surface area (Å²) in [5.74, 6) is 1.000. The Labute approximate surface area is 161 Å². The van der Waals surface area contributed by atoms with Gasteiger partial charge in [0.05, 0.1) is 6.20 Å². The van der Waals surface area contributed by atoms with E-state index in [9.17, 15) is 0 Å². The van der Waals surface area contributed by atoms with Gasteiger partial charge in [-0.1, -0.05) is 18.2 Å². The number of aliphatic imine (C=N–C) groups is 1. The van der Waals surface area contributed by atoms with Crippen LogP contribution in [0.3, 0.4) is 0 Å². The molecule has 0 aliphatic carbocycles. The number of halogens is 1. The lowest BCUT2D eigenvalue weighted by molar-refractivity contribution is 0.340. The third kappa shape index (κ3) is 5.51. The molecule has 1 aliphatic rings. The predicted octanol–water partition coefficient (Wildman–Crippen LogP) is 3.53. The van der Waals surface area contributed by atoms with E-state index in [0.29, 0.717) is 0 Å². The standard InChI is InChI=1S/C18H25N5.HI/c1-22-15-16(14-20-22)10-11-19-18(23-12-6-3-7-13-23)21-17-8-4-2-5-9-17;/h2,4-5,8-9,14-15H,3,6-7,10-13H2,1H3,(H,19,21);1H. The molecule has 1 aliphatic heterocycles. The van der Waals surface area contributed by atoms with Crippen molar-refractivity contribution in [1.29, 1.82) is 0 Å². The number of likely N-dealkylation sites (tertiary alicyclic amines) is 1. The van der Waals surface area contributed by atoms with Crippen LogP contribution in [0.5, 0.6) is 0 Å². The van der Waals surface area contributed by atoms with E-state index in [-0.39, 0.29) is 24.0 Å². The van der Waals surface area contributed by atoms with Gasteiger partial charge in [-0.2, -0.15) is 5.10 Å². The summed E-state index contributed by atoms with van der Waals surface area (Å²) in [5.41, 5.74) is 2.33. The lowest BCUT2D eigenvalue weighted by Gasteiger charge is -2.30. The highest BCUT2D eigenvalue weighted by Crippen LogP contribution is 2.13. The van der Waals surface area contributed by atoms with E-state index in [1.807, 2.05) is 36.1 Å². The van der Waals surface area contributed by atoms with Crippen LogP contribution in [0.2, 0.25) is 0 Å². The SMILES string of the molecule is Cn1cc(CCN=C(Nc2ccccc2)N2CCCCC2)cn1.I. The summed E-state index contributed by atoms with van der Waals surface area (Å²) in [7, 11) is 1.95. The van der Waals surface area contributed by atoms with Crippen molar-refractivity contribution >= 4 is 35.6 Å². The number of benzene rings is 1. The maximum absolute atomic E-state index is 4.84. The molecule has 1 N–H and O–H groups in total. The Morgan fingerprint density at radius 2 is 1.92 bits per heavy atom. The Kier molecular flexibility index (Phi) is 7.55. The average Bonchev–Trinajstić information content (AvgIpc) is 3.01. The molecule has 1 aromatic heterocycles. The van der Waals surface area contributed by atoms with Crippen molar-refractivity contribution in [1.82, 2.24) is 14.7 Å². The molecular weight excluding hydrogens is 413 g/mol. The fourth-order valence-electron chi connectivity index (χ4n) is 2.87. The second kappa shape index (κ2) is 9.66. The molecule has 24 heavy (non-hydrogen) atoms. The normalized spacial score (nSPS) is 15.0. The van der Waals surface area contributed by atoms with E-state index in [0.717, 1.165) is 37.7 Å². The van der Waals surface area contributed by atoms with Gasteiger partial charge in [-0.05, 0) is 43.4 Å². The van der Waals surface area contributed by atoms with Crippen LogP contribution in [0.1, 0.15) is 24.8 Å². The fourth-order valence-corrected chi connectivity index (χ4v) is 2.87. The lowest BCUT2D eigenvalue weighted by Crippen LogP contribution is -2.40. The highest BCUT2D eigenvalue weighted by atomic mass is 127. The number of rotatable bonds is 4. The molecule has 0 radical (unpaired) electrons. The third-order valence-electron chi connectivity index (χ3n) is 4.11. The quantitative estimate of drug-likeness (QED) is 0.451. The minimum absolute atomic E-state index is 0. The summed E-state index contributed by atoms with van der Waals surface area (Å²) in [6.45, 7) is 2.95. The Balaban J connectivity index is 0.00000208. The van der Waals surface area contributed by atoms with Gasteiger partial charge in [0.1, 0.15) is 0 Å². The van der Waals surface area contributed by atoms with Crippen molar-refractivity contribution in [3.63, 3.8) is 0 Å². The topological polar surface area (TPSA) is 45.5 Å². The molecular formula is C18H26IN5. The van der Waals surface area contributed by atoms with Crippen molar-refractivity contribution in [3.8, 4) is 0 Å². The number of guanidine groups is 1. The molecule has 0 bridgehead atoms. The van der Waals surface area contributed by atoms with Crippen LogP contribution >= 0.6 is 24.0 Å². The molecule has 0 atom stereocenters. The monoisotopic (exact) mass is 439 g/mol. The number of nitrogens with zero attached hydrogens (tertiary/aromatic N) is 4. The van der Waals surface area contributed by atoms with Crippen LogP contribution < -0.4 is 5.32 Å². The maximum Gasteiger partial charge on any atom is 0.198 e. The molecule has 1 saturated heterocycles. The molecule has 2 aromatic rings. The summed E-state index contributed by atoms with van der Waals surface area (Å²) in [6.07, 6.45) is 8.71. The Bertz CT molecular complexity index is 632. The Morgan fingerprint density at radius 1 is 1.17 bits per heavy atom. The zero-order valence-corrected chi connectivity index (χ0v) is 16.5. The van der Waals surface area contributed by atoms with Crippen LogP contribution in [-0.2, 0) is 13.5 Å². The molecule has 1 fully saturated rings. The van der Waals surface area contributed by atoms with Crippen LogP contribution in [-0.4, -0.2) is 40.3 Å². The van der Waals surface area contributed by atoms with E-state index in [1.54, 1.807) is 0 Å². The van der Waals surface area contributed by atoms with Crippen molar-refractivity contribution in [2.24, 2.45) is 12.0 Å². The summed E-state index contributed by atoms with van der Waals surface area (Å²) in [4.78, 5) is 7.22. The Hall–Kier alpha value is -1.57. The van der Waals surface area contributed by atoms with Crippen molar-refractivity contribution in [3.05, 3.63) is 48.3 Å². The number of hydrogen-bond acceptors (Lipinski definition) is 2. The number of aromatic nitrogens is 2. The second-order valence-corrected chi connectivity index (χ2v) is 6.02. The zero-order valence-electron chi connectivity index (χ0n) is 14.2. The van der Waals surface area contributed by atoms with Crippen LogP contribution in [0, 0.1) is 0 Å². The van der Waals surface area contributed by atoms with Gasteiger partial charge in [0.15, 0.2) is 5.96 Å². The van der Waals surface area contributed by atoms with Gasteiger partial charge >= 0.3 is 0 Å². The van der Waals surface area contributed by atoms with Gasteiger partial charge in [-0.3, -0.25) is 9.67 Å². The van der Waals surface area contributed by atoms with Gasteiger partial charge in [0.2, 0.25) is 0 Å². The number of para-hydroxylation sites is 1. The molecule has 1 aromatic carbocycles. The second-order valence-electron chi connectivity index (χ2n) is 6.02. The third-order valence-corrected chi connectivity index (χ3v) is 4.11. The van der Waals surface area contributed by atoms with E-state index in [4.69, 9.17) is 4.99 Å². The first-order valence-corrected chi connectivity index (χ1v) is 8.40. The maximum atomic E-state index is 4.84. The summed E-state index contributed by atoms with van der Waals surface area (Å²) >= 11 is 0. The van der Waals surface area contributed by atoms with E-state index in [2.05, 4.69) is 33.6 Å². The molecule has 0 amide bonds. The number of anilines is 1. The van der Waals surface area contributed by atoms with E-state index < -0.39 is 0 Å². The van der Waals surface area contributed by atoms with Crippen molar-refractivity contribution in [2.45, 2.75) is 25.7 Å². The first-order chi connectivity index (χ1) is 11.3. The summed E-state index contributed by atoms with van der Waals surface area (Å²) in [6, 6.07) is 10.3. The number of hydrogen-bond donors (Lipinski definition) is 1. The number of piperidine rings is 1. The molecule has 3 rings (SSSR count). The van der Waals surface area contributed by atoms with Crippen LogP contribution in [0.15, 0.2) is 47.7 Å².